The van der Waals surface area contributed by atoms with Crippen LogP contribution in [0.1, 0.15) is 54.4 Å². The molecule has 5 rings (SSSR count). The van der Waals surface area contributed by atoms with Crippen LogP contribution in [0.25, 0.3) is 0 Å². The van der Waals surface area contributed by atoms with Gasteiger partial charge in [-0.2, -0.15) is 0 Å². The second-order valence-corrected chi connectivity index (χ2v) is 9.40. The highest BCUT2D eigenvalue weighted by Crippen LogP contribution is 2.41. The monoisotopic (exact) mass is 425 g/mol. The summed E-state index contributed by atoms with van der Waals surface area (Å²) in [4.78, 5) is 45.2. The van der Waals surface area contributed by atoms with Gasteiger partial charge in [0.2, 0.25) is 11.8 Å². The van der Waals surface area contributed by atoms with E-state index >= 15 is 0 Å². The van der Waals surface area contributed by atoms with Crippen LogP contribution in [0.15, 0.2) is 24.3 Å². The lowest BCUT2D eigenvalue weighted by Crippen LogP contribution is -2.60. The van der Waals surface area contributed by atoms with Gasteiger partial charge in [-0.25, -0.2) is 0 Å². The Balaban J connectivity index is 1.43. The van der Waals surface area contributed by atoms with Crippen LogP contribution in [0.2, 0.25) is 0 Å². The normalized spacial score (nSPS) is 25.3. The molecule has 1 aromatic rings. The maximum atomic E-state index is 13.8. The summed E-state index contributed by atoms with van der Waals surface area (Å²) < 4.78 is 6.29. The van der Waals surface area contributed by atoms with E-state index in [1.807, 2.05) is 41.0 Å². The van der Waals surface area contributed by atoms with Gasteiger partial charge in [-0.3, -0.25) is 19.3 Å². The molecule has 7 nitrogen and oxygen atoms in total. The van der Waals surface area contributed by atoms with Crippen molar-refractivity contribution >= 4 is 17.7 Å². The summed E-state index contributed by atoms with van der Waals surface area (Å²) in [6.45, 7) is 4.78. The molecule has 31 heavy (non-hydrogen) atoms. The molecule has 1 saturated carbocycles. The highest BCUT2D eigenvalue weighted by atomic mass is 16.5. The highest BCUT2D eigenvalue weighted by molar-refractivity contribution is 5.99. The zero-order chi connectivity index (χ0) is 21.6. The molecule has 0 aromatic heterocycles. The van der Waals surface area contributed by atoms with Crippen LogP contribution >= 0.6 is 0 Å². The maximum Gasteiger partial charge on any atom is 0.257 e. The lowest BCUT2D eigenvalue weighted by Gasteiger charge is -2.45. The number of likely N-dealkylation sites (tertiary alicyclic amines) is 2. The van der Waals surface area contributed by atoms with Gasteiger partial charge in [0, 0.05) is 50.5 Å². The van der Waals surface area contributed by atoms with Crippen molar-refractivity contribution in [2.24, 2.45) is 5.92 Å². The summed E-state index contributed by atoms with van der Waals surface area (Å²) in [6, 6.07) is 6.92. The van der Waals surface area contributed by atoms with Crippen molar-refractivity contribution in [1.29, 1.82) is 0 Å². The van der Waals surface area contributed by atoms with Crippen LogP contribution in [0, 0.1) is 12.8 Å². The van der Waals surface area contributed by atoms with E-state index in [9.17, 15) is 14.4 Å². The van der Waals surface area contributed by atoms with Gasteiger partial charge >= 0.3 is 0 Å². The van der Waals surface area contributed by atoms with E-state index in [0.29, 0.717) is 31.5 Å². The van der Waals surface area contributed by atoms with E-state index in [-0.39, 0.29) is 30.2 Å². The molecule has 4 aliphatic rings. The molecule has 3 aliphatic heterocycles. The Morgan fingerprint density at radius 2 is 1.58 bits per heavy atom. The van der Waals surface area contributed by atoms with Crippen LogP contribution < -0.4 is 0 Å². The van der Waals surface area contributed by atoms with Gasteiger partial charge in [0.05, 0.1) is 6.61 Å². The lowest BCUT2D eigenvalue weighted by atomic mass is 9.95. The molecule has 0 N–H and O–H groups in total. The van der Waals surface area contributed by atoms with Crippen molar-refractivity contribution in [3.05, 3.63) is 35.4 Å². The fraction of sp³-hybridized carbons (Fsp3) is 0.625. The van der Waals surface area contributed by atoms with Gasteiger partial charge in [-0.1, -0.05) is 18.2 Å². The Morgan fingerprint density at radius 1 is 0.935 bits per heavy atom. The number of hydrogen-bond acceptors (Lipinski definition) is 4. The highest BCUT2D eigenvalue weighted by Gasteiger charge is 2.55. The molecule has 7 heteroatoms. The summed E-state index contributed by atoms with van der Waals surface area (Å²) in [6.07, 6.45) is 5.09. The molecule has 3 amide bonds. The molecular formula is C24H31N3O4. The van der Waals surface area contributed by atoms with E-state index in [0.717, 1.165) is 44.3 Å². The fourth-order valence-corrected chi connectivity index (χ4v) is 5.31. The summed E-state index contributed by atoms with van der Waals surface area (Å²) in [5.41, 5.74) is 0.686. The number of piperidine rings is 1. The van der Waals surface area contributed by atoms with Gasteiger partial charge in [-0.05, 0) is 44.2 Å². The predicted molar refractivity (Wildman–Crippen MR) is 114 cm³/mol. The molecule has 1 aliphatic carbocycles. The van der Waals surface area contributed by atoms with Gasteiger partial charge < -0.3 is 14.5 Å². The smallest absolute Gasteiger partial charge is 0.257 e. The number of nitrogens with zero attached hydrogens (tertiary/aromatic N) is 3. The van der Waals surface area contributed by atoms with Crippen molar-refractivity contribution in [2.75, 3.05) is 32.8 Å². The van der Waals surface area contributed by atoms with Crippen LogP contribution in [0.4, 0.5) is 0 Å². The number of carbonyl (C=O) groups is 3. The van der Waals surface area contributed by atoms with Crippen molar-refractivity contribution in [3.8, 4) is 0 Å². The molecule has 1 aromatic carbocycles. The molecule has 4 fully saturated rings. The molecule has 1 spiro atoms. The van der Waals surface area contributed by atoms with Crippen molar-refractivity contribution in [2.45, 2.75) is 57.2 Å². The topological polar surface area (TPSA) is 70.2 Å². The fourth-order valence-electron chi connectivity index (χ4n) is 5.31. The van der Waals surface area contributed by atoms with Crippen LogP contribution in [-0.2, 0) is 14.3 Å². The predicted octanol–water partition coefficient (Wildman–Crippen LogP) is 2.19. The number of ether oxygens (including phenoxy) is 1. The molecule has 3 heterocycles. The van der Waals surface area contributed by atoms with E-state index in [1.165, 1.54) is 0 Å². The van der Waals surface area contributed by atoms with Crippen LogP contribution in [0.5, 0.6) is 0 Å². The third kappa shape index (κ3) is 3.63. The molecule has 166 valence electrons. The Hall–Kier alpha value is -2.41. The van der Waals surface area contributed by atoms with Gasteiger partial charge in [0.1, 0.15) is 11.8 Å². The van der Waals surface area contributed by atoms with E-state index in [4.69, 9.17) is 4.74 Å². The molecular weight excluding hydrogens is 394 g/mol. The number of rotatable bonds is 3. The minimum absolute atomic E-state index is 0.00667. The summed E-state index contributed by atoms with van der Waals surface area (Å²) in [7, 11) is 0. The molecule has 0 radical (unpaired) electrons. The lowest BCUT2D eigenvalue weighted by molar-refractivity contribution is -0.146. The molecule has 0 bridgehead atoms. The summed E-state index contributed by atoms with van der Waals surface area (Å²) in [5, 5.41) is 0. The van der Waals surface area contributed by atoms with Crippen molar-refractivity contribution in [3.63, 3.8) is 0 Å². The Kier molecular flexibility index (Phi) is 5.24. The van der Waals surface area contributed by atoms with E-state index in [2.05, 4.69) is 0 Å². The Morgan fingerprint density at radius 3 is 2.23 bits per heavy atom. The zero-order valence-electron chi connectivity index (χ0n) is 18.2. The largest absolute Gasteiger partial charge is 0.353 e. The minimum Gasteiger partial charge on any atom is -0.353 e. The Bertz CT molecular complexity index is 883. The van der Waals surface area contributed by atoms with E-state index < -0.39 is 11.8 Å². The second-order valence-electron chi connectivity index (χ2n) is 9.40. The number of amides is 3. The van der Waals surface area contributed by atoms with Gasteiger partial charge in [-0.15, -0.1) is 0 Å². The number of carbonyl (C=O) groups excluding carboxylic acids is 3. The minimum atomic E-state index is -0.820. The number of benzene rings is 1. The molecule has 1 atom stereocenters. The first-order valence-electron chi connectivity index (χ1n) is 11.6. The van der Waals surface area contributed by atoms with Crippen molar-refractivity contribution < 1.29 is 19.1 Å². The van der Waals surface area contributed by atoms with Crippen LogP contribution in [-0.4, -0.2) is 77.0 Å². The average Bonchev–Trinajstić information content (AvgIpc) is 3.36. The SMILES string of the molecule is Cc1ccccc1C(=O)N1[C@@H](C(=O)N2CCCC2)COC12CCN(C(=O)C1CC1)CC2. The van der Waals surface area contributed by atoms with Gasteiger partial charge in [0.15, 0.2) is 0 Å². The first kappa shape index (κ1) is 20.5. The average molecular weight is 426 g/mol. The summed E-state index contributed by atoms with van der Waals surface area (Å²) >= 11 is 0. The van der Waals surface area contributed by atoms with Gasteiger partial charge in [0.25, 0.3) is 5.91 Å². The first-order valence-corrected chi connectivity index (χ1v) is 11.6. The quantitative estimate of drug-likeness (QED) is 0.744. The standard InChI is InChI=1S/C24H31N3O4/c1-17-6-2-3-7-19(17)22(29)27-20(23(30)25-12-4-5-13-25)16-31-24(27)10-14-26(15-11-24)21(28)18-8-9-18/h2-3,6-7,18,20H,4-5,8-16H2,1H3/t20-/m1/s1. The second kappa shape index (κ2) is 7.93. The third-order valence-electron chi connectivity index (χ3n) is 7.34. The number of hydrogen-bond donors (Lipinski definition) is 0. The Labute approximate surface area is 183 Å². The molecule has 3 saturated heterocycles. The first-order chi connectivity index (χ1) is 15.0. The summed E-state index contributed by atoms with van der Waals surface area (Å²) in [5.74, 6) is 0.268. The maximum absolute atomic E-state index is 13.8. The van der Waals surface area contributed by atoms with E-state index in [1.54, 1.807) is 4.90 Å². The van der Waals surface area contributed by atoms with Crippen molar-refractivity contribution in [1.82, 2.24) is 14.7 Å². The third-order valence-corrected chi connectivity index (χ3v) is 7.34. The number of aryl methyl sites for hydroxylation is 1. The van der Waals surface area contributed by atoms with Crippen LogP contribution in [0.3, 0.4) is 0 Å². The molecule has 0 unspecified atom stereocenters. The zero-order valence-corrected chi connectivity index (χ0v) is 18.2.